The molecule has 7 nitrogen and oxygen atoms in total. The number of anilines is 1. The molecule has 0 radical (unpaired) electrons. The van der Waals surface area contributed by atoms with Gasteiger partial charge in [0, 0.05) is 51.2 Å². The molecular formula is C18H24N4O3S. The summed E-state index contributed by atoms with van der Waals surface area (Å²) in [6, 6.07) is 5.51. The Morgan fingerprint density at radius 2 is 2.08 bits per heavy atom. The van der Waals surface area contributed by atoms with Crippen LogP contribution >= 0.6 is 0 Å². The Balaban J connectivity index is 1.61. The molecule has 0 bridgehead atoms. The Hall–Kier alpha value is -1.90. The minimum Gasteiger partial charge on any atom is -0.374 e. The zero-order chi connectivity index (χ0) is 18.3. The van der Waals surface area contributed by atoms with Crippen molar-refractivity contribution in [1.29, 1.82) is 0 Å². The highest BCUT2D eigenvalue weighted by Gasteiger charge is 2.32. The number of morpholine rings is 1. The highest BCUT2D eigenvalue weighted by molar-refractivity contribution is 7.89. The molecule has 0 N–H and O–H groups in total. The Morgan fingerprint density at radius 1 is 1.23 bits per heavy atom. The Kier molecular flexibility index (Phi) is 4.50. The molecule has 2 aromatic rings. The maximum absolute atomic E-state index is 13.2. The average molecular weight is 376 g/mol. The normalized spacial score (nSPS) is 21.6. The molecule has 1 aromatic carbocycles. The average Bonchev–Trinajstić information content (AvgIpc) is 3.08. The Bertz CT molecular complexity index is 909. The van der Waals surface area contributed by atoms with Gasteiger partial charge in [-0.3, -0.25) is 4.68 Å². The van der Waals surface area contributed by atoms with Gasteiger partial charge in [0.25, 0.3) is 0 Å². The van der Waals surface area contributed by atoms with Crippen molar-refractivity contribution < 1.29 is 13.2 Å². The van der Waals surface area contributed by atoms with Gasteiger partial charge in [-0.2, -0.15) is 9.40 Å². The minimum absolute atomic E-state index is 0.285. The van der Waals surface area contributed by atoms with E-state index in [-0.39, 0.29) is 6.10 Å². The number of aryl methyl sites for hydroxylation is 2. The van der Waals surface area contributed by atoms with Crippen molar-refractivity contribution in [2.24, 2.45) is 7.05 Å². The monoisotopic (exact) mass is 376 g/mol. The SMILES string of the molecule is CN1CCCc2ccc(S(=O)(=O)N3CCO[C@H](c4cnn(C)c4)C3)cc21. The standard InChI is InChI=1S/C18H24N4O3S/c1-20-7-3-4-14-5-6-16(10-17(14)20)26(23,24)22-8-9-25-18(13-22)15-11-19-21(2)12-15/h5-6,10-12,18H,3-4,7-9,13H2,1-2H3/t18-/m0/s1. The van der Waals surface area contributed by atoms with Crippen LogP contribution in [0.4, 0.5) is 5.69 Å². The maximum Gasteiger partial charge on any atom is 0.243 e. The fourth-order valence-electron chi connectivity index (χ4n) is 3.70. The van der Waals surface area contributed by atoms with Crippen molar-refractivity contribution in [3.05, 3.63) is 41.7 Å². The van der Waals surface area contributed by atoms with Crippen LogP contribution in [0.2, 0.25) is 0 Å². The number of aromatic nitrogens is 2. The first kappa shape index (κ1) is 17.5. The van der Waals surface area contributed by atoms with Crippen LogP contribution in [-0.2, 0) is 28.2 Å². The van der Waals surface area contributed by atoms with Gasteiger partial charge < -0.3 is 9.64 Å². The summed E-state index contributed by atoms with van der Waals surface area (Å²) in [6.07, 6.45) is 5.42. The van der Waals surface area contributed by atoms with Crippen LogP contribution in [0.1, 0.15) is 23.7 Å². The molecular weight excluding hydrogens is 352 g/mol. The lowest BCUT2D eigenvalue weighted by Crippen LogP contribution is -2.42. The number of fused-ring (bicyclic) bond motifs is 1. The van der Waals surface area contributed by atoms with E-state index in [9.17, 15) is 8.42 Å². The molecule has 26 heavy (non-hydrogen) atoms. The van der Waals surface area contributed by atoms with Crippen molar-refractivity contribution in [1.82, 2.24) is 14.1 Å². The maximum atomic E-state index is 13.2. The van der Waals surface area contributed by atoms with E-state index in [2.05, 4.69) is 10.00 Å². The molecule has 0 saturated carbocycles. The second-order valence-electron chi connectivity index (χ2n) is 6.99. The first-order valence-corrected chi connectivity index (χ1v) is 10.3. The predicted octanol–water partition coefficient (Wildman–Crippen LogP) is 1.56. The second-order valence-corrected chi connectivity index (χ2v) is 8.92. The summed E-state index contributed by atoms with van der Waals surface area (Å²) in [5.74, 6) is 0. The summed E-state index contributed by atoms with van der Waals surface area (Å²) in [5, 5.41) is 4.16. The van der Waals surface area contributed by atoms with E-state index in [1.54, 1.807) is 16.9 Å². The zero-order valence-corrected chi connectivity index (χ0v) is 15.9. The largest absolute Gasteiger partial charge is 0.374 e. The number of ether oxygens (including phenoxy) is 1. The summed E-state index contributed by atoms with van der Waals surface area (Å²) in [4.78, 5) is 2.49. The lowest BCUT2D eigenvalue weighted by molar-refractivity contribution is -0.00259. The Morgan fingerprint density at radius 3 is 2.85 bits per heavy atom. The highest BCUT2D eigenvalue weighted by Crippen LogP contribution is 2.31. The van der Waals surface area contributed by atoms with Crippen LogP contribution in [0.3, 0.4) is 0 Å². The van der Waals surface area contributed by atoms with E-state index in [1.165, 1.54) is 9.87 Å². The van der Waals surface area contributed by atoms with Crippen LogP contribution in [0.15, 0.2) is 35.5 Å². The fourth-order valence-corrected chi connectivity index (χ4v) is 5.14. The van der Waals surface area contributed by atoms with Crippen LogP contribution in [0.25, 0.3) is 0 Å². The number of nitrogens with zero attached hydrogens (tertiary/aromatic N) is 4. The number of hydrogen-bond donors (Lipinski definition) is 0. The topological polar surface area (TPSA) is 67.7 Å². The van der Waals surface area contributed by atoms with E-state index >= 15 is 0 Å². The predicted molar refractivity (Wildman–Crippen MR) is 98.7 cm³/mol. The smallest absolute Gasteiger partial charge is 0.243 e. The third kappa shape index (κ3) is 3.13. The van der Waals surface area contributed by atoms with E-state index in [1.807, 2.05) is 32.4 Å². The third-order valence-corrected chi connectivity index (χ3v) is 7.03. The summed E-state index contributed by atoms with van der Waals surface area (Å²) in [5.41, 5.74) is 3.14. The van der Waals surface area contributed by atoms with Gasteiger partial charge in [-0.15, -0.1) is 0 Å². The summed E-state index contributed by atoms with van der Waals surface area (Å²) < 4.78 is 35.4. The van der Waals surface area contributed by atoms with Crippen LogP contribution in [0.5, 0.6) is 0 Å². The van der Waals surface area contributed by atoms with Crippen molar-refractivity contribution in [3.63, 3.8) is 0 Å². The molecule has 1 saturated heterocycles. The molecule has 0 unspecified atom stereocenters. The van der Waals surface area contributed by atoms with Crippen LogP contribution < -0.4 is 4.90 Å². The van der Waals surface area contributed by atoms with Crippen molar-refractivity contribution in [3.8, 4) is 0 Å². The molecule has 2 aliphatic rings. The molecule has 0 amide bonds. The van der Waals surface area contributed by atoms with Crippen LogP contribution in [0, 0.1) is 0 Å². The molecule has 1 atom stereocenters. The molecule has 4 rings (SSSR count). The zero-order valence-electron chi connectivity index (χ0n) is 15.1. The van der Waals surface area contributed by atoms with Gasteiger partial charge in [0.15, 0.2) is 0 Å². The molecule has 0 spiro atoms. The molecule has 8 heteroatoms. The highest BCUT2D eigenvalue weighted by atomic mass is 32.2. The van der Waals surface area contributed by atoms with Gasteiger partial charge in [0.05, 0.1) is 23.8 Å². The first-order chi connectivity index (χ1) is 12.4. The quantitative estimate of drug-likeness (QED) is 0.813. The van der Waals surface area contributed by atoms with Crippen LogP contribution in [-0.4, -0.2) is 55.8 Å². The van der Waals surface area contributed by atoms with Crippen molar-refractivity contribution in [2.45, 2.75) is 23.8 Å². The van der Waals surface area contributed by atoms with Gasteiger partial charge >= 0.3 is 0 Å². The summed E-state index contributed by atoms with van der Waals surface area (Å²) >= 11 is 0. The van der Waals surface area contributed by atoms with E-state index < -0.39 is 10.0 Å². The van der Waals surface area contributed by atoms with Gasteiger partial charge in [-0.05, 0) is 30.5 Å². The van der Waals surface area contributed by atoms with Gasteiger partial charge in [-0.1, -0.05) is 6.07 Å². The lowest BCUT2D eigenvalue weighted by atomic mass is 10.0. The minimum atomic E-state index is -3.55. The molecule has 140 valence electrons. The molecule has 1 aromatic heterocycles. The molecule has 2 aliphatic heterocycles. The molecule has 1 fully saturated rings. The van der Waals surface area contributed by atoms with Gasteiger partial charge in [0.2, 0.25) is 10.0 Å². The molecule has 3 heterocycles. The number of benzene rings is 1. The van der Waals surface area contributed by atoms with E-state index in [0.29, 0.717) is 24.6 Å². The van der Waals surface area contributed by atoms with Gasteiger partial charge in [-0.25, -0.2) is 8.42 Å². The summed E-state index contributed by atoms with van der Waals surface area (Å²) in [7, 11) is 0.300. The Labute approximate surface area is 154 Å². The number of sulfonamides is 1. The number of hydrogen-bond acceptors (Lipinski definition) is 5. The molecule has 0 aliphatic carbocycles. The third-order valence-electron chi connectivity index (χ3n) is 5.17. The second kappa shape index (κ2) is 6.68. The number of rotatable bonds is 3. The first-order valence-electron chi connectivity index (χ1n) is 8.89. The van der Waals surface area contributed by atoms with Crippen molar-refractivity contribution >= 4 is 15.7 Å². The summed E-state index contributed by atoms with van der Waals surface area (Å²) in [6.45, 7) is 2.01. The van der Waals surface area contributed by atoms with E-state index in [0.717, 1.165) is 30.6 Å². The fraction of sp³-hybridized carbons (Fsp3) is 0.500. The van der Waals surface area contributed by atoms with Crippen molar-refractivity contribution in [2.75, 3.05) is 38.2 Å². The lowest BCUT2D eigenvalue weighted by Gasteiger charge is -2.32. The van der Waals surface area contributed by atoms with Gasteiger partial charge in [0.1, 0.15) is 0 Å². The van der Waals surface area contributed by atoms with E-state index in [4.69, 9.17) is 4.74 Å².